The van der Waals surface area contributed by atoms with Crippen molar-refractivity contribution in [2.45, 2.75) is 77.6 Å². The maximum atomic E-state index is 2.37. The predicted molar refractivity (Wildman–Crippen MR) is 102 cm³/mol. The molecule has 0 saturated carbocycles. The Morgan fingerprint density at radius 3 is 2.00 bits per heavy atom. The van der Waals surface area contributed by atoms with Crippen LogP contribution in [0.5, 0.6) is 0 Å². The third-order valence-electron chi connectivity index (χ3n) is 4.64. The number of hydrogen-bond acceptors (Lipinski definition) is 0. The van der Waals surface area contributed by atoms with Crippen molar-refractivity contribution in [3.05, 3.63) is 29.8 Å². The van der Waals surface area contributed by atoms with Gasteiger partial charge in [0.15, 0.2) is 0 Å². The van der Waals surface area contributed by atoms with Gasteiger partial charge in [-0.2, -0.15) is 0 Å². The quantitative estimate of drug-likeness (QED) is 0.427. The Bertz CT molecular complexity index is 409. The van der Waals surface area contributed by atoms with Gasteiger partial charge in [-0.05, 0) is 24.8 Å². The Labute approximate surface area is 151 Å². The van der Waals surface area contributed by atoms with Gasteiger partial charge in [0, 0.05) is 5.56 Å². The van der Waals surface area contributed by atoms with Crippen molar-refractivity contribution < 1.29 is 12.4 Å². The molecule has 1 rings (SSSR count). The lowest BCUT2D eigenvalue weighted by Gasteiger charge is -2.29. The molecule has 0 amide bonds. The Kier molecular flexibility index (Phi) is 11.6. The van der Waals surface area contributed by atoms with E-state index in [4.69, 9.17) is 0 Å². The maximum absolute atomic E-state index is 2.37. The molecule has 23 heavy (non-hydrogen) atoms. The highest BCUT2D eigenvalue weighted by atomic mass is 35.5. The smallest absolute Gasteiger partial charge is 0.135 e. The highest BCUT2D eigenvalue weighted by Crippen LogP contribution is 2.35. The second-order valence-electron chi connectivity index (χ2n) is 7.61. The van der Waals surface area contributed by atoms with Crippen molar-refractivity contribution in [2.24, 2.45) is 0 Å². The normalized spacial score (nSPS) is 12.7. The summed E-state index contributed by atoms with van der Waals surface area (Å²) in [6, 6.07) is 9.10. The molecule has 1 aromatic carbocycles. The molecule has 0 heterocycles. The van der Waals surface area contributed by atoms with E-state index in [1.165, 1.54) is 63.5 Å². The molecule has 0 saturated heterocycles. The molecule has 0 radical (unpaired) electrons. The van der Waals surface area contributed by atoms with Gasteiger partial charge in [-0.1, -0.05) is 77.0 Å². The average molecular weight is 340 g/mol. The van der Waals surface area contributed by atoms with Crippen LogP contribution >= 0.6 is 0 Å². The van der Waals surface area contributed by atoms with Crippen molar-refractivity contribution in [2.75, 3.05) is 21.1 Å². The fourth-order valence-electron chi connectivity index (χ4n) is 3.42. The molecule has 0 bridgehead atoms. The van der Waals surface area contributed by atoms with Crippen LogP contribution in [0.15, 0.2) is 24.3 Å². The van der Waals surface area contributed by atoms with Gasteiger partial charge in [-0.15, -0.1) is 0 Å². The van der Waals surface area contributed by atoms with E-state index in [0.717, 1.165) is 10.4 Å². The van der Waals surface area contributed by atoms with E-state index in [9.17, 15) is 0 Å². The van der Waals surface area contributed by atoms with Crippen LogP contribution < -0.4 is 16.9 Å². The number of unbranched alkanes of at least 4 members (excludes halogenated alkanes) is 5. The van der Waals surface area contributed by atoms with Gasteiger partial charge >= 0.3 is 0 Å². The van der Waals surface area contributed by atoms with E-state index in [-0.39, 0.29) is 12.4 Å². The van der Waals surface area contributed by atoms with Crippen LogP contribution in [0.25, 0.3) is 0 Å². The maximum Gasteiger partial charge on any atom is 0.135 e. The lowest BCUT2D eigenvalue weighted by molar-refractivity contribution is -0.00000509. The van der Waals surface area contributed by atoms with Gasteiger partial charge in [0.1, 0.15) is 5.69 Å². The van der Waals surface area contributed by atoms with Crippen molar-refractivity contribution in [1.29, 1.82) is 0 Å². The van der Waals surface area contributed by atoms with Crippen molar-refractivity contribution in [3.63, 3.8) is 0 Å². The first kappa shape index (κ1) is 22.5. The predicted octanol–water partition coefficient (Wildman–Crippen LogP) is 3.52. The van der Waals surface area contributed by atoms with E-state index in [1.54, 1.807) is 5.56 Å². The van der Waals surface area contributed by atoms with Crippen molar-refractivity contribution in [1.82, 2.24) is 4.48 Å². The highest BCUT2D eigenvalue weighted by Gasteiger charge is 2.22. The Hall–Kier alpha value is -0.530. The van der Waals surface area contributed by atoms with Crippen LogP contribution in [0.1, 0.15) is 83.1 Å². The fourth-order valence-corrected chi connectivity index (χ4v) is 3.42. The molecular formula is C21H38ClN. The van der Waals surface area contributed by atoms with Gasteiger partial charge in [0.05, 0.1) is 21.1 Å². The zero-order valence-corrected chi connectivity index (χ0v) is 16.8. The third kappa shape index (κ3) is 8.22. The molecule has 0 aliphatic carbocycles. The summed E-state index contributed by atoms with van der Waals surface area (Å²) in [4.78, 5) is 0. The molecule has 0 spiro atoms. The molecule has 1 aromatic rings. The first-order chi connectivity index (χ1) is 10.5. The second kappa shape index (κ2) is 11.9. The summed E-state index contributed by atoms with van der Waals surface area (Å²) in [5.41, 5.74) is 3.08. The number of benzene rings is 1. The summed E-state index contributed by atoms with van der Waals surface area (Å²) < 4.78 is 0.923. The topological polar surface area (TPSA) is 0 Å². The van der Waals surface area contributed by atoms with Crippen LogP contribution in [0, 0.1) is 0 Å². The average Bonchev–Trinajstić information content (AvgIpc) is 2.49. The van der Waals surface area contributed by atoms with Gasteiger partial charge < -0.3 is 12.4 Å². The van der Waals surface area contributed by atoms with E-state index >= 15 is 0 Å². The molecule has 1 nitrogen and oxygen atoms in total. The van der Waals surface area contributed by atoms with Crippen LogP contribution in [0.3, 0.4) is 0 Å². The van der Waals surface area contributed by atoms with Gasteiger partial charge in [-0.25, -0.2) is 0 Å². The lowest BCUT2D eigenvalue weighted by atomic mass is 9.87. The van der Waals surface area contributed by atoms with Gasteiger partial charge in [0.2, 0.25) is 0 Å². The zero-order valence-electron chi connectivity index (χ0n) is 16.1. The van der Waals surface area contributed by atoms with Crippen molar-refractivity contribution >= 4 is 5.69 Å². The van der Waals surface area contributed by atoms with Gasteiger partial charge in [0.25, 0.3) is 0 Å². The molecule has 1 atom stereocenters. The Morgan fingerprint density at radius 2 is 1.39 bits per heavy atom. The first-order valence-corrected chi connectivity index (χ1v) is 9.41. The first-order valence-electron chi connectivity index (χ1n) is 9.41. The van der Waals surface area contributed by atoms with Crippen LogP contribution in [0.2, 0.25) is 0 Å². The Balaban J connectivity index is 0.00000484. The lowest BCUT2D eigenvalue weighted by Crippen LogP contribution is -3.00. The minimum Gasteiger partial charge on any atom is -1.00 e. The molecular weight excluding hydrogens is 302 g/mol. The molecule has 0 aliphatic rings. The fraction of sp³-hybridized carbons (Fsp3) is 0.714. The van der Waals surface area contributed by atoms with Crippen LogP contribution in [0.4, 0.5) is 5.69 Å². The monoisotopic (exact) mass is 339 g/mol. The summed E-state index contributed by atoms with van der Waals surface area (Å²) >= 11 is 0. The van der Waals surface area contributed by atoms with E-state index in [1.807, 2.05) is 0 Å². The number of para-hydroxylation sites is 1. The van der Waals surface area contributed by atoms with Crippen LogP contribution in [-0.2, 0) is 0 Å². The summed E-state index contributed by atoms with van der Waals surface area (Å²) in [5.74, 6) is 0.740. The molecule has 134 valence electrons. The highest BCUT2D eigenvalue weighted by molar-refractivity contribution is 5.51. The minimum absolute atomic E-state index is 0. The number of hydrogen-bond donors (Lipinski definition) is 0. The zero-order chi connectivity index (χ0) is 16.4. The Morgan fingerprint density at radius 1 is 0.783 bits per heavy atom. The largest absolute Gasteiger partial charge is 1.00 e. The molecule has 1 unspecified atom stereocenters. The SMILES string of the molecule is CCCCCCCCC(CCC)c1ccccc1[N+](C)(C)C.[Cl-]. The molecule has 0 aromatic heterocycles. The number of halogens is 1. The molecule has 2 heteroatoms. The van der Waals surface area contributed by atoms with Crippen molar-refractivity contribution in [3.8, 4) is 0 Å². The minimum atomic E-state index is 0. The third-order valence-corrected chi connectivity index (χ3v) is 4.64. The number of quaternary nitrogens is 1. The number of nitrogens with zero attached hydrogens (tertiary/aromatic N) is 1. The number of rotatable bonds is 11. The summed E-state index contributed by atoms with van der Waals surface area (Å²) in [7, 11) is 6.85. The van der Waals surface area contributed by atoms with Crippen LogP contribution in [-0.4, -0.2) is 21.1 Å². The summed E-state index contributed by atoms with van der Waals surface area (Å²) in [6.07, 6.45) is 12.4. The second-order valence-corrected chi connectivity index (χ2v) is 7.61. The van der Waals surface area contributed by atoms with Gasteiger partial charge in [-0.3, -0.25) is 4.48 Å². The summed E-state index contributed by atoms with van der Waals surface area (Å²) in [5, 5.41) is 0. The van der Waals surface area contributed by atoms with E-state index < -0.39 is 0 Å². The molecule has 0 fully saturated rings. The standard InChI is InChI=1S/C21H38N.ClH/c1-6-8-9-10-11-12-16-19(15-7-2)20-17-13-14-18-21(20)22(3,4)5;/h13-14,17-19H,6-12,15-16H2,1-5H3;1H/q+1;/p-1. The van der Waals surface area contributed by atoms with E-state index in [2.05, 4.69) is 59.3 Å². The molecule has 0 N–H and O–H groups in total. The van der Waals surface area contributed by atoms with E-state index in [0.29, 0.717) is 0 Å². The summed E-state index contributed by atoms with van der Waals surface area (Å²) in [6.45, 7) is 4.61. The molecule has 0 aliphatic heterocycles.